The molecule has 0 radical (unpaired) electrons. The number of halogens is 4. The van der Waals surface area contributed by atoms with Gasteiger partial charge in [0, 0.05) is 36.6 Å². The van der Waals surface area contributed by atoms with Crippen molar-refractivity contribution < 1.29 is 22.7 Å². The van der Waals surface area contributed by atoms with Crippen molar-refractivity contribution in [3.8, 4) is 5.97 Å². The van der Waals surface area contributed by atoms with Gasteiger partial charge >= 0.3 is 12.1 Å². The average molecular weight is 488 g/mol. The lowest BCUT2D eigenvalue weighted by Crippen LogP contribution is -2.37. The molecular formula is C22H18BClF3N5O2. The minimum atomic E-state index is -4.62. The number of hydrogen-bond acceptors (Lipinski definition) is 7. The van der Waals surface area contributed by atoms with Crippen LogP contribution in [0, 0.1) is 11.2 Å². The molecule has 174 valence electrons. The van der Waals surface area contributed by atoms with E-state index in [-0.39, 0.29) is 40.0 Å². The van der Waals surface area contributed by atoms with Crippen LogP contribution in [0.5, 0.6) is 0 Å². The number of carbonyl (C=O) groups is 1. The molecule has 0 atom stereocenters. The molecule has 2 aromatic heterocycles. The van der Waals surface area contributed by atoms with Gasteiger partial charge in [0.25, 0.3) is 6.71 Å². The van der Waals surface area contributed by atoms with Crippen molar-refractivity contribution in [3.63, 3.8) is 0 Å². The standard InChI is InChI=1S/C22H18BClF3N5O2/c1-34-21(33)14-11-29-16-3-5-18(24)31-20(16)19(14)30-13-2-4-17(15(10-13)22(25,26)27)32-8-6-23(12-28)7-9-32/h2-5,10-11H,6-9H2,1H3,(H,29,30). The van der Waals surface area contributed by atoms with Gasteiger partial charge in [0.1, 0.15) is 16.2 Å². The van der Waals surface area contributed by atoms with Crippen molar-refractivity contribution in [3.05, 3.63) is 52.8 Å². The van der Waals surface area contributed by atoms with Gasteiger partial charge in [-0.05, 0) is 43.0 Å². The van der Waals surface area contributed by atoms with Crippen LogP contribution in [0.1, 0.15) is 15.9 Å². The number of anilines is 3. The van der Waals surface area contributed by atoms with E-state index in [4.69, 9.17) is 21.6 Å². The molecule has 0 unspecified atom stereocenters. The second-order valence-electron chi connectivity index (χ2n) is 7.79. The third-order valence-electron chi connectivity index (χ3n) is 5.67. The van der Waals surface area contributed by atoms with E-state index in [1.54, 1.807) is 11.0 Å². The highest BCUT2D eigenvalue weighted by molar-refractivity contribution is 6.67. The van der Waals surface area contributed by atoms with Gasteiger partial charge in [0.15, 0.2) is 0 Å². The van der Waals surface area contributed by atoms with Crippen LogP contribution in [0.3, 0.4) is 0 Å². The Balaban J connectivity index is 1.77. The highest BCUT2D eigenvalue weighted by Crippen LogP contribution is 2.40. The van der Waals surface area contributed by atoms with Crippen LogP contribution >= 0.6 is 11.6 Å². The molecule has 12 heteroatoms. The fourth-order valence-electron chi connectivity index (χ4n) is 3.94. The van der Waals surface area contributed by atoms with Crippen molar-refractivity contribution in [1.29, 1.82) is 5.26 Å². The highest BCUT2D eigenvalue weighted by Gasteiger charge is 2.36. The molecule has 7 nitrogen and oxygen atoms in total. The van der Waals surface area contributed by atoms with E-state index >= 15 is 0 Å². The molecule has 1 N–H and O–H groups in total. The van der Waals surface area contributed by atoms with Gasteiger partial charge in [0.2, 0.25) is 0 Å². The Bertz CT molecular complexity index is 1290. The number of esters is 1. The Morgan fingerprint density at radius 3 is 2.65 bits per heavy atom. The second-order valence-corrected chi connectivity index (χ2v) is 8.17. The van der Waals surface area contributed by atoms with Gasteiger partial charge < -0.3 is 15.0 Å². The zero-order valence-electron chi connectivity index (χ0n) is 18.0. The fourth-order valence-corrected chi connectivity index (χ4v) is 4.09. The number of nitrogens with one attached hydrogen (secondary N) is 1. The third kappa shape index (κ3) is 4.72. The lowest BCUT2D eigenvalue weighted by molar-refractivity contribution is -0.137. The maximum absolute atomic E-state index is 14.0. The number of nitriles is 1. The number of carbonyl (C=O) groups excluding carboxylic acids is 1. The summed E-state index contributed by atoms with van der Waals surface area (Å²) in [6.45, 7) is 0.568. The van der Waals surface area contributed by atoms with Crippen LogP contribution in [0.4, 0.5) is 30.2 Å². The van der Waals surface area contributed by atoms with Gasteiger partial charge in [0.05, 0.1) is 23.9 Å². The van der Waals surface area contributed by atoms with Crippen LogP contribution in [-0.4, -0.2) is 42.8 Å². The minimum absolute atomic E-state index is 0.000905. The lowest BCUT2D eigenvalue weighted by atomic mass is 9.45. The maximum atomic E-state index is 14.0. The first-order valence-corrected chi connectivity index (χ1v) is 10.8. The number of pyridine rings is 2. The Morgan fingerprint density at radius 1 is 1.26 bits per heavy atom. The Morgan fingerprint density at radius 2 is 2.00 bits per heavy atom. The first kappa shape index (κ1) is 23.6. The lowest BCUT2D eigenvalue weighted by Gasteiger charge is -2.32. The van der Waals surface area contributed by atoms with Crippen molar-refractivity contribution in [2.45, 2.75) is 18.8 Å². The number of hydrogen-bond donors (Lipinski definition) is 1. The van der Waals surface area contributed by atoms with Gasteiger partial charge in [-0.1, -0.05) is 11.6 Å². The summed E-state index contributed by atoms with van der Waals surface area (Å²) in [7, 11) is 1.19. The molecule has 0 spiro atoms. The Kier molecular flexibility index (Phi) is 6.53. The summed E-state index contributed by atoms with van der Waals surface area (Å²) in [5.74, 6) is 1.45. The molecule has 1 aromatic carbocycles. The smallest absolute Gasteiger partial charge is 0.418 e. The number of alkyl halides is 3. The van der Waals surface area contributed by atoms with E-state index in [9.17, 15) is 18.0 Å². The first-order chi connectivity index (χ1) is 16.2. The van der Waals surface area contributed by atoms with E-state index in [1.807, 2.05) is 0 Å². The molecule has 1 fully saturated rings. The zero-order chi connectivity index (χ0) is 24.5. The number of methoxy groups -OCH3 is 1. The summed E-state index contributed by atoms with van der Waals surface area (Å²) < 4.78 is 46.8. The molecule has 0 aliphatic carbocycles. The van der Waals surface area contributed by atoms with Gasteiger partial charge in [-0.3, -0.25) is 4.98 Å². The van der Waals surface area contributed by atoms with Crippen molar-refractivity contribution >= 4 is 52.4 Å². The minimum Gasteiger partial charge on any atom is -0.465 e. The van der Waals surface area contributed by atoms with Crippen molar-refractivity contribution in [1.82, 2.24) is 9.97 Å². The first-order valence-electron chi connectivity index (χ1n) is 10.4. The summed E-state index contributed by atoms with van der Waals surface area (Å²) in [5, 5.41) is 12.1. The number of ether oxygens (including phenoxy) is 1. The molecule has 0 bridgehead atoms. The van der Waals surface area contributed by atoms with Gasteiger partial charge in [-0.2, -0.15) is 13.2 Å². The summed E-state index contributed by atoms with van der Waals surface area (Å²) in [5.41, 5.74) is 0.0675. The van der Waals surface area contributed by atoms with Crippen molar-refractivity contribution in [2.75, 3.05) is 30.4 Å². The monoisotopic (exact) mass is 487 g/mol. The SMILES string of the molecule is COC(=O)c1cnc2ccc(Cl)nc2c1Nc1ccc(N2CCB(C#N)CC2)c(C(F)(F)F)c1. The Labute approximate surface area is 198 Å². The van der Waals surface area contributed by atoms with Crippen LogP contribution in [0.2, 0.25) is 17.8 Å². The van der Waals surface area contributed by atoms with E-state index in [2.05, 4.69) is 21.3 Å². The molecule has 0 saturated carbocycles. The second kappa shape index (κ2) is 9.39. The molecule has 4 rings (SSSR count). The van der Waals surface area contributed by atoms with E-state index in [0.717, 1.165) is 6.07 Å². The van der Waals surface area contributed by atoms with Crippen molar-refractivity contribution in [2.24, 2.45) is 0 Å². The highest BCUT2D eigenvalue weighted by atomic mass is 35.5. The van der Waals surface area contributed by atoms with Crippen LogP contribution in [0.15, 0.2) is 36.5 Å². The van der Waals surface area contributed by atoms with E-state index < -0.39 is 17.7 Å². The quantitative estimate of drug-likeness (QED) is 0.307. The number of benzene rings is 1. The molecular weight excluding hydrogens is 470 g/mol. The number of fused-ring (bicyclic) bond motifs is 1. The third-order valence-corrected chi connectivity index (χ3v) is 5.88. The van der Waals surface area contributed by atoms with Crippen LogP contribution < -0.4 is 10.2 Å². The van der Waals surface area contributed by atoms with Gasteiger partial charge in [-0.25, -0.2) is 15.0 Å². The summed E-state index contributed by atoms with van der Waals surface area (Å²) >= 11 is 6.01. The number of aromatic nitrogens is 2. The number of nitrogens with zero attached hydrogens (tertiary/aromatic N) is 4. The molecule has 3 heterocycles. The molecule has 3 aromatic rings. The average Bonchev–Trinajstić information content (AvgIpc) is 2.83. The molecule has 1 saturated heterocycles. The van der Waals surface area contributed by atoms with Gasteiger partial charge in [-0.15, -0.1) is 0 Å². The Hall–Kier alpha value is -3.52. The van der Waals surface area contributed by atoms with Crippen LogP contribution in [-0.2, 0) is 10.9 Å². The number of rotatable bonds is 4. The predicted octanol–water partition coefficient (Wildman–Crippen LogP) is 5.21. The molecule has 1 aliphatic heterocycles. The predicted molar refractivity (Wildman–Crippen MR) is 124 cm³/mol. The molecule has 0 amide bonds. The summed E-state index contributed by atoms with van der Waals surface area (Å²) in [6.07, 6.45) is -2.34. The summed E-state index contributed by atoms with van der Waals surface area (Å²) in [4.78, 5) is 22.3. The van der Waals surface area contributed by atoms with E-state index in [0.29, 0.717) is 31.2 Å². The topological polar surface area (TPSA) is 91.1 Å². The maximum Gasteiger partial charge on any atom is 0.418 e. The molecule has 1 aliphatic rings. The normalized spacial score (nSPS) is 14.1. The van der Waals surface area contributed by atoms with Crippen LogP contribution in [0.25, 0.3) is 11.0 Å². The summed E-state index contributed by atoms with van der Waals surface area (Å²) in [6, 6.07) is 6.98. The fraction of sp³-hybridized carbons (Fsp3) is 0.273. The zero-order valence-corrected chi connectivity index (χ0v) is 18.7. The largest absolute Gasteiger partial charge is 0.465 e. The molecule has 34 heavy (non-hydrogen) atoms. The van der Waals surface area contributed by atoms with E-state index in [1.165, 1.54) is 31.5 Å².